The van der Waals surface area contributed by atoms with Crippen LogP contribution in [0.25, 0.3) is 10.2 Å². The van der Waals surface area contributed by atoms with Gasteiger partial charge in [-0.1, -0.05) is 24.3 Å². The summed E-state index contributed by atoms with van der Waals surface area (Å²) >= 11 is 1.75. The molecular weight excluding hydrogens is 342 g/mol. The van der Waals surface area contributed by atoms with Crippen LogP contribution in [0, 0.1) is 13.8 Å². The second-order valence-electron chi connectivity index (χ2n) is 7.01. The number of amides is 1. The molecule has 26 heavy (non-hydrogen) atoms. The molecule has 5 heteroatoms. The number of anilines is 1. The van der Waals surface area contributed by atoms with Gasteiger partial charge in [0.2, 0.25) is 5.91 Å². The summed E-state index contributed by atoms with van der Waals surface area (Å²) in [7, 11) is 0. The Morgan fingerprint density at radius 3 is 2.96 bits per heavy atom. The third kappa shape index (κ3) is 3.50. The number of fused-ring (bicyclic) bond motifs is 1. The summed E-state index contributed by atoms with van der Waals surface area (Å²) in [5.41, 5.74) is 4.21. The fourth-order valence-corrected chi connectivity index (χ4v) is 4.71. The molecule has 4 rings (SSSR count). The lowest BCUT2D eigenvalue weighted by Gasteiger charge is -2.22. The Bertz CT molecular complexity index is 916. The van der Waals surface area contributed by atoms with E-state index in [1.807, 2.05) is 38.1 Å². The monoisotopic (exact) mass is 365 g/mol. The van der Waals surface area contributed by atoms with Crippen molar-refractivity contribution in [3.05, 3.63) is 58.6 Å². The highest BCUT2D eigenvalue weighted by atomic mass is 32.1. The number of aromatic nitrogens is 1. The molecule has 134 valence electrons. The average Bonchev–Trinajstić information content (AvgIpc) is 3.24. The minimum atomic E-state index is 0.0479. The largest absolute Gasteiger partial charge is 0.325 e. The molecular formula is C21H23N3OS. The van der Waals surface area contributed by atoms with Crippen molar-refractivity contribution >= 4 is 33.1 Å². The molecule has 1 N–H and O–H groups in total. The van der Waals surface area contributed by atoms with E-state index in [-0.39, 0.29) is 11.9 Å². The Kier molecular flexibility index (Phi) is 4.74. The highest BCUT2D eigenvalue weighted by molar-refractivity contribution is 7.18. The first-order valence-corrected chi connectivity index (χ1v) is 9.88. The van der Waals surface area contributed by atoms with E-state index in [0.717, 1.165) is 46.7 Å². The van der Waals surface area contributed by atoms with E-state index in [4.69, 9.17) is 4.98 Å². The summed E-state index contributed by atoms with van der Waals surface area (Å²) in [6.07, 6.45) is 2.17. The Balaban J connectivity index is 1.48. The Morgan fingerprint density at radius 1 is 1.27 bits per heavy atom. The molecule has 1 aliphatic heterocycles. The van der Waals surface area contributed by atoms with Gasteiger partial charge in [0.1, 0.15) is 5.01 Å². The molecule has 1 aliphatic rings. The summed E-state index contributed by atoms with van der Waals surface area (Å²) in [6, 6.07) is 14.6. The van der Waals surface area contributed by atoms with Gasteiger partial charge in [-0.15, -0.1) is 11.3 Å². The van der Waals surface area contributed by atoms with Gasteiger partial charge < -0.3 is 5.32 Å². The molecule has 2 aromatic carbocycles. The average molecular weight is 366 g/mol. The van der Waals surface area contributed by atoms with Crippen molar-refractivity contribution in [3.8, 4) is 0 Å². The summed E-state index contributed by atoms with van der Waals surface area (Å²) in [4.78, 5) is 19.7. The van der Waals surface area contributed by atoms with Gasteiger partial charge in [0.25, 0.3) is 0 Å². The predicted molar refractivity (Wildman–Crippen MR) is 108 cm³/mol. The van der Waals surface area contributed by atoms with Crippen molar-refractivity contribution in [1.29, 1.82) is 0 Å². The molecule has 0 aliphatic carbocycles. The van der Waals surface area contributed by atoms with Gasteiger partial charge in [-0.3, -0.25) is 9.69 Å². The SMILES string of the molecule is Cc1ccc(C)c(NC(=O)CN2CCC[C@H]2c2nc3ccccc3s2)c1. The fraction of sp³-hybridized carbons (Fsp3) is 0.333. The van der Waals surface area contributed by atoms with Gasteiger partial charge in [0.05, 0.1) is 22.8 Å². The van der Waals surface area contributed by atoms with Crippen LogP contribution in [0.15, 0.2) is 42.5 Å². The quantitative estimate of drug-likeness (QED) is 0.729. The lowest BCUT2D eigenvalue weighted by Crippen LogP contribution is -2.33. The van der Waals surface area contributed by atoms with E-state index in [1.165, 1.54) is 4.70 Å². The molecule has 1 amide bonds. The van der Waals surface area contributed by atoms with E-state index < -0.39 is 0 Å². The van der Waals surface area contributed by atoms with Crippen LogP contribution >= 0.6 is 11.3 Å². The van der Waals surface area contributed by atoms with Crippen molar-refractivity contribution in [2.24, 2.45) is 0 Å². The molecule has 1 aromatic heterocycles. The summed E-state index contributed by atoms with van der Waals surface area (Å²) < 4.78 is 1.22. The second kappa shape index (κ2) is 7.17. The van der Waals surface area contributed by atoms with Crippen LogP contribution in [0.2, 0.25) is 0 Å². The van der Waals surface area contributed by atoms with E-state index in [2.05, 4.69) is 28.4 Å². The van der Waals surface area contributed by atoms with E-state index >= 15 is 0 Å². The maximum absolute atomic E-state index is 12.6. The number of nitrogens with zero attached hydrogens (tertiary/aromatic N) is 2. The Labute approximate surface area is 157 Å². The third-order valence-corrected chi connectivity index (χ3v) is 6.11. The molecule has 3 aromatic rings. The Hall–Kier alpha value is -2.24. The number of para-hydroxylation sites is 1. The van der Waals surface area contributed by atoms with Crippen molar-refractivity contribution < 1.29 is 4.79 Å². The molecule has 0 spiro atoms. The van der Waals surface area contributed by atoms with Crippen LogP contribution in [0.3, 0.4) is 0 Å². The molecule has 0 saturated carbocycles. The number of hydrogen-bond donors (Lipinski definition) is 1. The first-order chi connectivity index (χ1) is 12.6. The van der Waals surface area contributed by atoms with Gasteiger partial charge in [-0.2, -0.15) is 0 Å². The van der Waals surface area contributed by atoms with E-state index in [9.17, 15) is 4.79 Å². The molecule has 1 atom stereocenters. The van der Waals surface area contributed by atoms with Gasteiger partial charge in [-0.25, -0.2) is 4.98 Å². The molecule has 4 nitrogen and oxygen atoms in total. The zero-order chi connectivity index (χ0) is 18.1. The summed E-state index contributed by atoms with van der Waals surface area (Å²) in [5, 5.41) is 4.21. The van der Waals surface area contributed by atoms with Crippen LogP contribution < -0.4 is 5.32 Å². The third-order valence-electron chi connectivity index (χ3n) is 4.97. The Morgan fingerprint density at radius 2 is 2.12 bits per heavy atom. The standard InChI is InChI=1S/C21H23N3OS/c1-14-9-10-15(2)17(12-14)22-20(25)13-24-11-5-7-18(24)21-23-16-6-3-4-8-19(16)26-21/h3-4,6,8-10,12,18H,5,7,11,13H2,1-2H3,(H,22,25)/t18-/m0/s1. The number of carbonyl (C=O) groups excluding carboxylic acids is 1. The molecule has 2 heterocycles. The minimum Gasteiger partial charge on any atom is -0.325 e. The summed E-state index contributed by atoms with van der Waals surface area (Å²) in [6.45, 7) is 5.42. The first kappa shape index (κ1) is 17.2. The molecule has 0 unspecified atom stereocenters. The molecule has 1 fully saturated rings. The van der Waals surface area contributed by atoms with Crippen molar-refractivity contribution in [3.63, 3.8) is 0 Å². The first-order valence-electron chi connectivity index (χ1n) is 9.07. The molecule has 1 saturated heterocycles. The lowest BCUT2D eigenvalue weighted by atomic mass is 10.1. The van der Waals surface area contributed by atoms with Crippen molar-refractivity contribution in [2.45, 2.75) is 32.7 Å². The van der Waals surface area contributed by atoms with Gasteiger partial charge in [0.15, 0.2) is 0 Å². The van der Waals surface area contributed by atoms with Crippen molar-refractivity contribution in [2.75, 3.05) is 18.4 Å². The number of rotatable bonds is 4. The van der Waals surface area contributed by atoms with E-state index in [0.29, 0.717) is 6.54 Å². The van der Waals surface area contributed by atoms with Crippen LogP contribution in [-0.2, 0) is 4.79 Å². The van der Waals surface area contributed by atoms with Gasteiger partial charge in [0, 0.05) is 5.69 Å². The number of nitrogens with one attached hydrogen (secondary N) is 1. The summed E-state index contributed by atoms with van der Waals surface area (Å²) in [5.74, 6) is 0.0479. The zero-order valence-electron chi connectivity index (χ0n) is 15.2. The van der Waals surface area contributed by atoms with Crippen LogP contribution in [-0.4, -0.2) is 28.9 Å². The highest BCUT2D eigenvalue weighted by Crippen LogP contribution is 2.36. The van der Waals surface area contributed by atoms with Crippen molar-refractivity contribution in [1.82, 2.24) is 9.88 Å². The second-order valence-corrected chi connectivity index (χ2v) is 8.08. The van der Waals surface area contributed by atoms with Gasteiger partial charge >= 0.3 is 0 Å². The molecule has 0 bridgehead atoms. The number of hydrogen-bond acceptors (Lipinski definition) is 4. The highest BCUT2D eigenvalue weighted by Gasteiger charge is 2.30. The number of benzene rings is 2. The smallest absolute Gasteiger partial charge is 0.238 e. The van der Waals surface area contributed by atoms with Gasteiger partial charge in [-0.05, 0) is 62.6 Å². The topological polar surface area (TPSA) is 45.2 Å². The van der Waals surface area contributed by atoms with E-state index in [1.54, 1.807) is 11.3 Å². The maximum Gasteiger partial charge on any atom is 0.238 e. The number of thiazole rings is 1. The number of likely N-dealkylation sites (tertiary alicyclic amines) is 1. The number of aryl methyl sites for hydroxylation is 2. The predicted octanol–water partition coefficient (Wildman–Crippen LogP) is 4.69. The fourth-order valence-electron chi connectivity index (χ4n) is 3.57. The van der Waals surface area contributed by atoms with Crippen LogP contribution in [0.5, 0.6) is 0 Å². The number of carbonyl (C=O) groups is 1. The maximum atomic E-state index is 12.6. The lowest BCUT2D eigenvalue weighted by molar-refractivity contribution is -0.117. The molecule has 0 radical (unpaired) electrons. The zero-order valence-corrected chi connectivity index (χ0v) is 16.0. The van der Waals surface area contributed by atoms with Crippen LogP contribution in [0.1, 0.15) is 35.0 Å². The van der Waals surface area contributed by atoms with Crippen LogP contribution in [0.4, 0.5) is 5.69 Å². The minimum absolute atomic E-state index is 0.0479. The normalized spacial score (nSPS) is 17.7.